The fraction of sp³-hybridized carbons (Fsp3) is 0.100. The van der Waals surface area contributed by atoms with Gasteiger partial charge in [0.05, 0.1) is 11.4 Å². The van der Waals surface area contributed by atoms with Crippen molar-refractivity contribution in [2.24, 2.45) is 0 Å². The molecule has 0 saturated carbocycles. The Labute approximate surface area is 114 Å². The maximum atomic E-state index is 11.7. The summed E-state index contributed by atoms with van der Waals surface area (Å²) in [5.41, 5.74) is 0.207. The number of para-hydroxylation sites is 1. The largest absolute Gasteiger partial charge is 0.481 e. The van der Waals surface area contributed by atoms with Crippen molar-refractivity contribution in [3.63, 3.8) is 0 Å². The molecule has 1 heterocycles. The molecule has 1 aromatic carbocycles. The predicted octanol–water partition coefficient (Wildman–Crippen LogP) is 1.50. The second-order valence-electron chi connectivity index (χ2n) is 3.28. The van der Waals surface area contributed by atoms with Crippen molar-refractivity contribution in [1.29, 1.82) is 0 Å². The van der Waals surface area contributed by atoms with Crippen molar-refractivity contribution < 1.29 is 9.90 Å². The molecule has 1 aromatic heterocycles. The van der Waals surface area contributed by atoms with Gasteiger partial charge in [0.15, 0.2) is 5.16 Å². The van der Waals surface area contributed by atoms with Crippen LogP contribution in [0.5, 0.6) is 0 Å². The average Bonchev–Trinajstić information content (AvgIpc) is 2.69. The maximum absolute atomic E-state index is 11.7. The standard InChI is InChI=1S/C10H8BrN3O3S/c11-6-3-1-2-4-7(6)14-9(17)12-13-10(14)18-5-8(15)16/h1-4H,5H2,(H,12,17)(H,15,16). The molecule has 0 saturated heterocycles. The van der Waals surface area contributed by atoms with Gasteiger partial charge >= 0.3 is 11.7 Å². The van der Waals surface area contributed by atoms with Gasteiger partial charge in [0.1, 0.15) is 0 Å². The number of halogens is 1. The SMILES string of the molecule is O=C(O)CSc1n[nH]c(=O)n1-c1ccccc1Br. The monoisotopic (exact) mass is 329 g/mol. The molecule has 2 N–H and O–H groups in total. The van der Waals surface area contributed by atoms with Crippen LogP contribution in [0, 0.1) is 0 Å². The van der Waals surface area contributed by atoms with Gasteiger partial charge in [0.2, 0.25) is 0 Å². The highest BCUT2D eigenvalue weighted by Gasteiger charge is 2.14. The molecule has 8 heteroatoms. The van der Waals surface area contributed by atoms with Gasteiger partial charge in [-0.15, -0.1) is 5.10 Å². The summed E-state index contributed by atoms with van der Waals surface area (Å²) >= 11 is 4.32. The molecule has 18 heavy (non-hydrogen) atoms. The highest BCUT2D eigenvalue weighted by molar-refractivity contribution is 9.10. The molecule has 0 spiro atoms. The minimum atomic E-state index is -0.964. The number of hydrogen-bond acceptors (Lipinski definition) is 4. The Hall–Kier alpha value is -1.54. The van der Waals surface area contributed by atoms with Crippen LogP contribution in [0.4, 0.5) is 0 Å². The first-order valence-corrected chi connectivity index (χ1v) is 6.64. The van der Waals surface area contributed by atoms with Crippen LogP contribution < -0.4 is 5.69 Å². The minimum Gasteiger partial charge on any atom is -0.481 e. The number of thioether (sulfide) groups is 1. The second-order valence-corrected chi connectivity index (χ2v) is 5.08. The van der Waals surface area contributed by atoms with E-state index in [2.05, 4.69) is 26.1 Å². The van der Waals surface area contributed by atoms with Gasteiger partial charge in [0, 0.05) is 4.47 Å². The van der Waals surface area contributed by atoms with Crippen LogP contribution in [0.15, 0.2) is 38.7 Å². The van der Waals surface area contributed by atoms with Crippen LogP contribution in [0.1, 0.15) is 0 Å². The van der Waals surface area contributed by atoms with Gasteiger partial charge in [-0.05, 0) is 28.1 Å². The molecule has 0 unspecified atom stereocenters. The average molecular weight is 330 g/mol. The lowest BCUT2D eigenvalue weighted by atomic mass is 10.3. The first-order chi connectivity index (χ1) is 8.59. The van der Waals surface area contributed by atoms with Crippen molar-refractivity contribution in [1.82, 2.24) is 14.8 Å². The molecule has 0 amide bonds. The third kappa shape index (κ3) is 2.65. The van der Waals surface area contributed by atoms with E-state index in [1.54, 1.807) is 18.2 Å². The Bertz CT molecular complexity index is 637. The number of carboxylic acids is 1. The molecule has 2 aromatic rings. The highest BCUT2D eigenvalue weighted by atomic mass is 79.9. The molecular weight excluding hydrogens is 322 g/mol. The Balaban J connectivity index is 2.44. The Morgan fingerprint density at radius 2 is 2.22 bits per heavy atom. The van der Waals surface area contributed by atoms with E-state index in [1.807, 2.05) is 6.07 Å². The molecular formula is C10H8BrN3O3S. The van der Waals surface area contributed by atoms with Crippen molar-refractivity contribution >= 4 is 33.7 Å². The quantitative estimate of drug-likeness (QED) is 0.830. The number of carbonyl (C=O) groups is 1. The van der Waals surface area contributed by atoms with E-state index in [4.69, 9.17) is 5.11 Å². The molecule has 94 valence electrons. The zero-order valence-corrected chi connectivity index (χ0v) is 11.4. The van der Waals surface area contributed by atoms with Crippen molar-refractivity contribution in [2.75, 3.05) is 5.75 Å². The molecule has 2 rings (SSSR count). The fourth-order valence-corrected chi connectivity index (χ4v) is 2.49. The summed E-state index contributed by atoms with van der Waals surface area (Å²) < 4.78 is 2.06. The molecule has 6 nitrogen and oxygen atoms in total. The zero-order chi connectivity index (χ0) is 13.1. The Kier molecular flexibility index (Phi) is 3.87. The predicted molar refractivity (Wildman–Crippen MR) is 70.2 cm³/mol. The van der Waals surface area contributed by atoms with Crippen LogP contribution in [-0.4, -0.2) is 31.6 Å². The molecule has 0 bridgehead atoms. The lowest BCUT2D eigenvalue weighted by molar-refractivity contribution is -0.133. The van der Waals surface area contributed by atoms with E-state index in [1.165, 1.54) is 4.57 Å². The van der Waals surface area contributed by atoms with E-state index in [9.17, 15) is 9.59 Å². The third-order valence-corrected chi connectivity index (χ3v) is 3.65. The number of aromatic amines is 1. The summed E-state index contributed by atoms with van der Waals surface area (Å²) in [6.07, 6.45) is 0. The Morgan fingerprint density at radius 3 is 2.89 bits per heavy atom. The first kappa shape index (κ1) is 12.9. The van der Waals surface area contributed by atoms with E-state index in [-0.39, 0.29) is 5.75 Å². The number of hydrogen-bond donors (Lipinski definition) is 2. The van der Waals surface area contributed by atoms with Gasteiger partial charge in [0.25, 0.3) is 0 Å². The van der Waals surface area contributed by atoms with E-state index < -0.39 is 11.7 Å². The Morgan fingerprint density at radius 1 is 1.50 bits per heavy atom. The van der Waals surface area contributed by atoms with Gasteiger partial charge in [-0.3, -0.25) is 4.79 Å². The summed E-state index contributed by atoms with van der Waals surface area (Å²) in [5, 5.41) is 15.1. The molecule has 0 atom stereocenters. The van der Waals surface area contributed by atoms with Crippen LogP contribution in [0.25, 0.3) is 5.69 Å². The third-order valence-electron chi connectivity index (χ3n) is 2.06. The second kappa shape index (κ2) is 5.40. The van der Waals surface area contributed by atoms with E-state index >= 15 is 0 Å². The molecule has 0 aliphatic carbocycles. The number of nitrogens with one attached hydrogen (secondary N) is 1. The molecule has 0 radical (unpaired) electrons. The minimum absolute atomic E-state index is 0.158. The highest BCUT2D eigenvalue weighted by Crippen LogP contribution is 2.23. The van der Waals surface area contributed by atoms with Gasteiger partial charge in [-0.1, -0.05) is 23.9 Å². The first-order valence-electron chi connectivity index (χ1n) is 4.86. The van der Waals surface area contributed by atoms with Gasteiger partial charge in [-0.25, -0.2) is 14.5 Å². The number of H-pyrrole nitrogens is 1. The number of rotatable bonds is 4. The topological polar surface area (TPSA) is 88.0 Å². The van der Waals surface area contributed by atoms with Crippen molar-refractivity contribution in [3.8, 4) is 5.69 Å². The summed E-state index contributed by atoms with van der Waals surface area (Å²) in [5.74, 6) is -1.12. The molecule has 0 fully saturated rings. The molecule has 0 aliphatic heterocycles. The number of benzene rings is 1. The smallest absolute Gasteiger partial charge is 0.348 e. The van der Waals surface area contributed by atoms with Gasteiger partial charge in [-0.2, -0.15) is 0 Å². The lowest BCUT2D eigenvalue weighted by Gasteiger charge is -2.06. The van der Waals surface area contributed by atoms with Crippen molar-refractivity contribution in [2.45, 2.75) is 5.16 Å². The summed E-state index contributed by atoms with van der Waals surface area (Å²) in [4.78, 5) is 22.2. The number of nitrogens with zero attached hydrogens (tertiary/aromatic N) is 2. The fourth-order valence-electron chi connectivity index (χ4n) is 1.35. The number of aromatic nitrogens is 3. The normalized spacial score (nSPS) is 10.5. The maximum Gasteiger partial charge on any atom is 0.348 e. The van der Waals surface area contributed by atoms with Crippen LogP contribution in [0.3, 0.4) is 0 Å². The number of aliphatic carboxylic acids is 1. The summed E-state index contributed by atoms with van der Waals surface area (Å²) in [6, 6.07) is 7.14. The van der Waals surface area contributed by atoms with E-state index in [0.29, 0.717) is 10.8 Å². The summed E-state index contributed by atoms with van der Waals surface area (Å²) in [6.45, 7) is 0. The van der Waals surface area contributed by atoms with Crippen LogP contribution in [-0.2, 0) is 4.79 Å². The van der Waals surface area contributed by atoms with Crippen molar-refractivity contribution in [3.05, 3.63) is 39.2 Å². The van der Waals surface area contributed by atoms with E-state index in [0.717, 1.165) is 16.2 Å². The van der Waals surface area contributed by atoms with Gasteiger partial charge < -0.3 is 5.11 Å². The number of carboxylic acid groups (broad SMARTS) is 1. The van der Waals surface area contributed by atoms with Crippen LogP contribution in [0.2, 0.25) is 0 Å². The summed E-state index contributed by atoms with van der Waals surface area (Å²) in [7, 11) is 0. The van der Waals surface area contributed by atoms with Crippen LogP contribution >= 0.6 is 27.7 Å². The zero-order valence-electron chi connectivity index (χ0n) is 8.96. The lowest BCUT2D eigenvalue weighted by Crippen LogP contribution is -2.16. The molecule has 0 aliphatic rings.